The maximum absolute atomic E-state index is 13.0. The van der Waals surface area contributed by atoms with Crippen LogP contribution in [-0.4, -0.2) is 29.9 Å². The molecule has 0 saturated carbocycles. The predicted molar refractivity (Wildman–Crippen MR) is 115 cm³/mol. The summed E-state index contributed by atoms with van der Waals surface area (Å²) in [7, 11) is 0. The number of esters is 1. The number of hydrogen-bond donors (Lipinski definition) is 0. The summed E-state index contributed by atoms with van der Waals surface area (Å²) in [6.07, 6.45) is 1.86. The number of carbonyl (C=O) groups excluding carboxylic acids is 2. The van der Waals surface area contributed by atoms with Crippen LogP contribution in [0, 0.1) is 0 Å². The van der Waals surface area contributed by atoms with Gasteiger partial charge in [-0.05, 0) is 48.4 Å². The third-order valence-electron chi connectivity index (χ3n) is 3.92. The second kappa shape index (κ2) is 9.08. The van der Waals surface area contributed by atoms with Crippen LogP contribution in [0.3, 0.4) is 0 Å². The number of thioether (sulfide) groups is 1. The summed E-state index contributed by atoms with van der Waals surface area (Å²) in [5.41, 5.74) is 1.89. The topological polar surface area (TPSA) is 46.6 Å². The van der Waals surface area contributed by atoms with Gasteiger partial charge in [0.1, 0.15) is 11.9 Å². The van der Waals surface area contributed by atoms with Gasteiger partial charge in [0.15, 0.2) is 0 Å². The third kappa shape index (κ3) is 5.03. The highest BCUT2D eigenvalue weighted by atomic mass is 79.9. The van der Waals surface area contributed by atoms with Crippen molar-refractivity contribution in [3.05, 3.63) is 73.5 Å². The minimum Gasteiger partial charge on any atom is -0.465 e. The molecular formula is C20H17Br2NO3S. The molecule has 1 heterocycles. The second-order valence-corrected chi connectivity index (χ2v) is 8.77. The lowest BCUT2D eigenvalue weighted by molar-refractivity contribution is -0.147. The molecule has 27 heavy (non-hydrogen) atoms. The van der Waals surface area contributed by atoms with Gasteiger partial charge >= 0.3 is 5.97 Å². The van der Waals surface area contributed by atoms with Crippen LogP contribution in [0.4, 0.5) is 0 Å². The lowest BCUT2D eigenvalue weighted by Crippen LogP contribution is -2.34. The molecule has 0 N–H and O–H groups in total. The molecule has 3 rings (SSSR count). The van der Waals surface area contributed by atoms with E-state index in [9.17, 15) is 9.59 Å². The summed E-state index contributed by atoms with van der Waals surface area (Å²) < 4.78 is 6.99. The van der Waals surface area contributed by atoms with Gasteiger partial charge in [0.25, 0.3) is 5.91 Å². The number of nitrogens with zero attached hydrogens (tertiary/aromatic N) is 1. The standard InChI is InChI=1S/C20H17Br2NO3S/c1-2-26-18(24)12-23-19(25)17(11-13-3-7-15(21)8-4-13)27-20(23)14-5-9-16(22)10-6-14/h3-11,20H,2,12H2,1H3/b17-11+/t20-/m0/s1. The van der Waals surface area contributed by atoms with Crippen LogP contribution < -0.4 is 0 Å². The third-order valence-corrected chi connectivity index (χ3v) is 6.27. The second-order valence-electron chi connectivity index (χ2n) is 5.82. The van der Waals surface area contributed by atoms with Crippen LogP contribution in [0.1, 0.15) is 23.4 Å². The summed E-state index contributed by atoms with van der Waals surface area (Å²) in [6, 6.07) is 15.5. The largest absolute Gasteiger partial charge is 0.465 e. The van der Waals surface area contributed by atoms with Gasteiger partial charge in [-0.1, -0.05) is 67.9 Å². The molecule has 0 radical (unpaired) electrons. The Bertz CT molecular complexity index is 866. The van der Waals surface area contributed by atoms with E-state index in [0.717, 1.165) is 20.1 Å². The van der Waals surface area contributed by atoms with Gasteiger partial charge in [0.2, 0.25) is 0 Å². The van der Waals surface area contributed by atoms with E-state index < -0.39 is 5.97 Å². The van der Waals surface area contributed by atoms with Gasteiger partial charge in [0, 0.05) is 8.95 Å². The molecule has 1 atom stereocenters. The lowest BCUT2D eigenvalue weighted by atomic mass is 10.2. The Morgan fingerprint density at radius 3 is 2.30 bits per heavy atom. The van der Waals surface area contributed by atoms with Crippen LogP contribution in [0.15, 0.2) is 62.4 Å². The molecular weight excluding hydrogens is 494 g/mol. The van der Waals surface area contributed by atoms with Crippen LogP contribution in [0.5, 0.6) is 0 Å². The fraction of sp³-hybridized carbons (Fsp3) is 0.200. The SMILES string of the molecule is CCOC(=O)CN1C(=O)/C(=C\c2ccc(Br)cc2)S[C@H]1c1ccc(Br)cc1. The van der Waals surface area contributed by atoms with Crippen LogP contribution in [0.25, 0.3) is 6.08 Å². The van der Waals surface area contributed by atoms with Crippen LogP contribution in [-0.2, 0) is 14.3 Å². The Balaban J connectivity index is 1.91. The van der Waals surface area contributed by atoms with Gasteiger partial charge in [0.05, 0.1) is 11.5 Å². The normalized spacial score (nSPS) is 18.2. The maximum Gasteiger partial charge on any atom is 0.325 e. The van der Waals surface area contributed by atoms with Crippen molar-refractivity contribution in [1.29, 1.82) is 0 Å². The van der Waals surface area contributed by atoms with E-state index in [1.54, 1.807) is 11.8 Å². The molecule has 0 aliphatic carbocycles. The molecule has 0 aromatic heterocycles. The van der Waals surface area contributed by atoms with Gasteiger partial charge < -0.3 is 9.64 Å². The van der Waals surface area contributed by atoms with Gasteiger partial charge in [-0.25, -0.2) is 0 Å². The van der Waals surface area contributed by atoms with E-state index in [1.807, 2.05) is 54.6 Å². The fourth-order valence-corrected chi connectivity index (χ4v) is 4.45. The number of amides is 1. The van der Waals surface area contributed by atoms with Gasteiger partial charge in [-0.3, -0.25) is 9.59 Å². The molecule has 1 aliphatic heterocycles. The van der Waals surface area contributed by atoms with Crippen molar-refractivity contribution < 1.29 is 14.3 Å². The van der Waals surface area contributed by atoms with Crippen LogP contribution in [0.2, 0.25) is 0 Å². The molecule has 2 aromatic rings. The molecule has 0 bridgehead atoms. The molecule has 1 aliphatic rings. The first-order chi connectivity index (χ1) is 13.0. The Labute approximate surface area is 179 Å². The molecule has 140 valence electrons. The Kier molecular flexibility index (Phi) is 6.78. The molecule has 4 nitrogen and oxygen atoms in total. The number of halogens is 2. The van der Waals surface area contributed by atoms with Crippen molar-refractivity contribution in [2.45, 2.75) is 12.3 Å². The summed E-state index contributed by atoms with van der Waals surface area (Å²) in [5, 5.41) is -0.267. The zero-order valence-corrected chi connectivity index (χ0v) is 18.5. The Hall–Kier alpha value is -1.57. The van der Waals surface area contributed by atoms with Crippen LogP contribution >= 0.6 is 43.6 Å². The molecule has 2 aromatic carbocycles. The van der Waals surface area contributed by atoms with Crippen molar-refractivity contribution >= 4 is 61.6 Å². The average molecular weight is 511 g/mol. The smallest absolute Gasteiger partial charge is 0.325 e. The van der Waals surface area contributed by atoms with Gasteiger partial charge in [-0.2, -0.15) is 0 Å². The van der Waals surface area contributed by atoms with Crippen molar-refractivity contribution in [3.8, 4) is 0 Å². The summed E-state index contributed by atoms with van der Waals surface area (Å²) in [6.45, 7) is 1.97. The van der Waals surface area contributed by atoms with Gasteiger partial charge in [-0.15, -0.1) is 0 Å². The zero-order valence-electron chi connectivity index (χ0n) is 14.5. The first-order valence-corrected chi connectivity index (χ1v) is 10.8. The van der Waals surface area contributed by atoms with E-state index >= 15 is 0 Å². The van der Waals surface area contributed by atoms with Crippen molar-refractivity contribution in [3.63, 3.8) is 0 Å². The highest BCUT2D eigenvalue weighted by Gasteiger charge is 2.38. The zero-order chi connectivity index (χ0) is 19.4. The summed E-state index contributed by atoms with van der Waals surface area (Å²) >= 11 is 8.29. The van der Waals surface area contributed by atoms with E-state index in [0.29, 0.717) is 11.5 Å². The highest BCUT2D eigenvalue weighted by Crippen LogP contribution is 2.46. The van der Waals surface area contributed by atoms with E-state index in [2.05, 4.69) is 31.9 Å². The number of carbonyl (C=O) groups is 2. The molecule has 1 saturated heterocycles. The molecule has 7 heteroatoms. The fourth-order valence-electron chi connectivity index (χ4n) is 2.66. The summed E-state index contributed by atoms with van der Waals surface area (Å²) in [4.78, 5) is 27.2. The van der Waals surface area contributed by atoms with Crippen molar-refractivity contribution in [1.82, 2.24) is 4.90 Å². The number of benzene rings is 2. The molecule has 0 unspecified atom stereocenters. The first kappa shape index (κ1) is 20.2. The monoisotopic (exact) mass is 509 g/mol. The molecule has 0 spiro atoms. The first-order valence-electron chi connectivity index (χ1n) is 8.34. The Morgan fingerprint density at radius 2 is 1.70 bits per heavy atom. The minimum absolute atomic E-state index is 0.0713. The van der Waals surface area contributed by atoms with Crippen molar-refractivity contribution in [2.24, 2.45) is 0 Å². The minimum atomic E-state index is -0.404. The number of hydrogen-bond acceptors (Lipinski definition) is 4. The predicted octanol–water partition coefficient (Wildman–Crippen LogP) is 5.39. The quantitative estimate of drug-likeness (QED) is 0.399. The highest BCUT2D eigenvalue weighted by molar-refractivity contribution is 9.10. The van der Waals surface area contributed by atoms with Crippen molar-refractivity contribution in [2.75, 3.05) is 13.2 Å². The molecule has 1 fully saturated rings. The maximum atomic E-state index is 13.0. The molecule has 1 amide bonds. The average Bonchev–Trinajstić information content (AvgIpc) is 2.94. The van der Waals surface area contributed by atoms with E-state index in [-0.39, 0.29) is 17.8 Å². The van der Waals surface area contributed by atoms with E-state index in [1.165, 1.54) is 11.8 Å². The summed E-state index contributed by atoms with van der Waals surface area (Å²) in [5.74, 6) is -0.567. The number of rotatable bonds is 5. The number of ether oxygens (including phenoxy) is 1. The lowest BCUT2D eigenvalue weighted by Gasteiger charge is -2.22. The Morgan fingerprint density at radius 1 is 1.11 bits per heavy atom. The van der Waals surface area contributed by atoms with E-state index in [4.69, 9.17) is 4.74 Å².